The second-order valence-corrected chi connectivity index (χ2v) is 17.0. The van der Waals surface area contributed by atoms with Gasteiger partial charge in [-0.1, -0.05) is 6.07 Å². The van der Waals surface area contributed by atoms with Crippen LogP contribution in [0.2, 0.25) is 0 Å². The first-order valence-electron chi connectivity index (χ1n) is 18.0. The van der Waals surface area contributed by atoms with Crippen LogP contribution in [0.5, 0.6) is 0 Å². The highest BCUT2D eigenvalue weighted by atomic mass is 32.2. The highest BCUT2D eigenvalue weighted by Gasteiger charge is 2.52. The number of nitriles is 1. The maximum atomic E-state index is 13.6. The van der Waals surface area contributed by atoms with Crippen LogP contribution in [0.15, 0.2) is 24.3 Å². The maximum Gasteiger partial charge on any atom is 0.413 e. The molecule has 17 heteroatoms. The average Bonchev–Trinajstić information content (AvgIpc) is 3.69. The number of aromatic nitrogens is 3. The van der Waals surface area contributed by atoms with Crippen molar-refractivity contribution in [1.29, 1.82) is 5.26 Å². The summed E-state index contributed by atoms with van der Waals surface area (Å²) in [6, 6.07) is 10.1. The predicted molar refractivity (Wildman–Crippen MR) is 203 cm³/mol. The molecule has 1 saturated carbocycles. The van der Waals surface area contributed by atoms with E-state index in [0.717, 1.165) is 108 Å². The molecule has 278 valence electrons. The number of anilines is 2. The lowest BCUT2D eigenvalue weighted by molar-refractivity contribution is -0.228. The first-order chi connectivity index (χ1) is 24.8. The van der Waals surface area contributed by atoms with Crippen molar-refractivity contribution in [1.82, 2.24) is 28.6 Å². The lowest BCUT2D eigenvalue weighted by Crippen LogP contribution is -2.50. The number of piperazine rings is 1. The van der Waals surface area contributed by atoms with E-state index in [0.29, 0.717) is 33.6 Å². The van der Waals surface area contributed by atoms with Gasteiger partial charge in [0, 0.05) is 92.0 Å². The summed E-state index contributed by atoms with van der Waals surface area (Å²) in [5.74, 6) is 2.21. The van der Waals surface area contributed by atoms with E-state index in [9.17, 15) is 28.1 Å². The normalized spacial score (nSPS) is 20.3. The number of aliphatic hydroxyl groups is 1. The molecule has 0 spiro atoms. The third-order valence-electron chi connectivity index (χ3n) is 10.9. The van der Waals surface area contributed by atoms with Gasteiger partial charge in [-0.25, -0.2) is 4.98 Å². The number of piperidine rings is 1. The number of nitrogens with one attached hydrogen (secondary N) is 2. The summed E-state index contributed by atoms with van der Waals surface area (Å²) in [5, 5.41) is 28.2. The highest BCUT2D eigenvalue weighted by molar-refractivity contribution is 7.89. The van der Waals surface area contributed by atoms with Crippen LogP contribution < -0.4 is 10.6 Å². The number of hydrogen-bond donors (Lipinski definition) is 3. The fraction of sp³-hybridized carbons (Fsp3) is 0.571. The fourth-order valence-corrected chi connectivity index (χ4v) is 9.82. The van der Waals surface area contributed by atoms with Crippen LogP contribution in [0.1, 0.15) is 47.4 Å². The monoisotopic (exact) mass is 755 g/mol. The van der Waals surface area contributed by atoms with Crippen molar-refractivity contribution >= 4 is 63.4 Å². The molecule has 1 aliphatic carbocycles. The van der Waals surface area contributed by atoms with E-state index in [-0.39, 0.29) is 10.9 Å². The van der Waals surface area contributed by atoms with Gasteiger partial charge in [-0.05, 0) is 61.9 Å². The molecule has 1 aromatic carbocycles. The molecular weight excluding hydrogens is 710 g/mol. The Morgan fingerprint density at radius 1 is 1.04 bits per heavy atom. The summed E-state index contributed by atoms with van der Waals surface area (Å²) in [6.07, 6.45) is -0.754. The number of halogens is 3. The third-order valence-corrected chi connectivity index (χ3v) is 13.8. The Bertz CT molecular complexity index is 1950. The number of nitrogens with zero attached hydrogens (tertiary/aromatic N) is 7. The van der Waals surface area contributed by atoms with E-state index in [1.807, 2.05) is 6.07 Å². The Labute approximate surface area is 309 Å². The van der Waals surface area contributed by atoms with Gasteiger partial charge in [-0.2, -0.15) is 23.4 Å². The Balaban J connectivity index is 0.968. The Morgan fingerprint density at radius 3 is 2.42 bits per heavy atom. The summed E-state index contributed by atoms with van der Waals surface area (Å²) < 4.78 is 57.7. The molecule has 3 fully saturated rings. The van der Waals surface area contributed by atoms with Crippen molar-refractivity contribution in [2.45, 2.75) is 63.4 Å². The largest absolute Gasteiger partial charge is 0.598 e. The van der Waals surface area contributed by atoms with E-state index in [1.165, 1.54) is 30.0 Å². The number of thiophene rings is 1. The van der Waals surface area contributed by atoms with Crippen molar-refractivity contribution < 1.29 is 22.8 Å². The minimum atomic E-state index is -4.83. The lowest BCUT2D eigenvalue weighted by Gasteiger charge is -2.34. The van der Waals surface area contributed by atoms with E-state index < -0.39 is 23.0 Å². The smallest absolute Gasteiger partial charge is 0.413 e. The van der Waals surface area contributed by atoms with Gasteiger partial charge in [0.2, 0.25) is 5.95 Å². The summed E-state index contributed by atoms with van der Waals surface area (Å²) in [6.45, 7) is 9.51. The molecule has 3 aromatic heterocycles. The Hall–Kier alpha value is -3.11. The van der Waals surface area contributed by atoms with Gasteiger partial charge >= 0.3 is 6.18 Å². The first kappa shape index (κ1) is 37.2. The zero-order valence-corrected chi connectivity index (χ0v) is 31.4. The molecule has 2 atom stereocenters. The van der Waals surface area contributed by atoms with Gasteiger partial charge in [0.1, 0.15) is 28.2 Å². The lowest BCUT2D eigenvalue weighted by atomic mass is 9.79. The molecule has 0 bridgehead atoms. The number of hydrogen-bond acceptors (Lipinski definition) is 11. The van der Waals surface area contributed by atoms with Crippen molar-refractivity contribution in [3.63, 3.8) is 0 Å². The molecule has 5 heterocycles. The third kappa shape index (κ3) is 7.75. The van der Waals surface area contributed by atoms with Crippen molar-refractivity contribution in [3.8, 4) is 6.07 Å². The van der Waals surface area contributed by atoms with E-state index in [1.54, 1.807) is 7.05 Å². The number of alkyl halides is 3. The van der Waals surface area contributed by atoms with Gasteiger partial charge in [-0.15, -0.1) is 15.6 Å². The molecule has 11 nitrogen and oxygen atoms in total. The molecule has 3 aliphatic rings. The summed E-state index contributed by atoms with van der Waals surface area (Å²) in [5.41, 5.74) is 1.12. The summed E-state index contributed by atoms with van der Waals surface area (Å²) in [7, 11) is 2.42. The minimum Gasteiger partial charge on any atom is -0.598 e. The number of fused-ring (bicyclic) bond motifs is 2. The standard InChI is InChI=1S/C35H45BF3N9O2S2/c1-22-24(5-6-29-27(22)17-26(19-40)48(29)16-13-45-11-14-47(15-12-45)52(50)21-23-3-4-23)20-46-9-7-25(8-10-46)42-31-28-18-30(34(36,49)35(37,38)39)51-32(28)44-33(41-2)43-31/h5-6,17-18,23,25,49H,3-4,7-16,20-21,36H2,1-2H3,(H2,41,42,43,44). The van der Waals surface area contributed by atoms with E-state index >= 15 is 0 Å². The molecule has 2 unspecified atom stereocenters. The number of aryl methyl sites for hydroxylation is 1. The van der Waals surface area contributed by atoms with Gasteiger partial charge in [0.05, 0.1) is 18.5 Å². The van der Waals surface area contributed by atoms with E-state index in [2.05, 4.69) is 64.4 Å². The minimum absolute atomic E-state index is 0.0641. The van der Waals surface area contributed by atoms with Gasteiger partial charge in [0.25, 0.3) is 0 Å². The quantitative estimate of drug-likeness (QED) is 0.144. The highest BCUT2D eigenvalue weighted by Crippen LogP contribution is 2.42. The molecule has 0 radical (unpaired) electrons. The fourth-order valence-electron chi connectivity index (χ4n) is 7.21. The van der Waals surface area contributed by atoms with Crippen molar-refractivity contribution in [3.05, 3.63) is 46.0 Å². The second-order valence-electron chi connectivity index (χ2n) is 14.5. The number of benzene rings is 1. The Morgan fingerprint density at radius 2 is 1.77 bits per heavy atom. The van der Waals surface area contributed by atoms with Crippen molar-refractivity contribution in [2.75, 3.05) is 69.2 Å². The summed E-state index contributed by atoms with van der Waals surface area (Å²) >= 11 is -0.0501. The molecule has 7 rings (SSSR count). The molecule has 3 N–H and O–H groups in total. The molecular formula is C35H45BF3N9O2S2. The topological polar surface area (TPSA) is 132 Å². The van der Waals surface area contributed by atoms with Crippen LogP contribution in [0.25, 0.3) is 21.1 Å². The molecule has 2 saturated heterocycles. The number of rotatable bonds is 12. The van der Waals surface area contributed by atoms with Crippen LogP contribution in [-0.2, 0) is 30.0 Å². The van der Waals surface area contributed by atoms with Crippen LogP contribution in [0.3, 0.4) is 0 Å². The van der Waals surface area contributed by atoms with Crippen molar-refractivity contribution in [2.24, 2.45) is 5.92 Å². The molecule has 52 heavy (non-hydrogen) atoms. The van der Waals surface area contributed by atoms with Gasteiger partial charge in [0.15, 0.2) is 13.3 Å². The van der Waals surface area contributed by atoms with Crippen LogP contribution in [-0.4, -0.2) is 117 Å². The molecule has 2 aliphatic heterocycles. The molecule has 4 aromatic rings. The molecule has 0 amide bonds. The van der Waals surface area contributed by atoms with Crippen LogP contribution in [0, 0.1) is 24.2 Å². The van der Waals surface area contributed by atoms with Crippen LogP contribution in [0.4, 0.5) is 24.9 Å². The van der Waals surface area contributed by atoms with Crippen LogP contribution >= 0.6 is 11.3 Å². The summed E-state index contributed by atoms with van der Waals surface area (Å²) in [4.78, 5) is 13.8. The SMILES string of the molecule is BC(O)(c1cc2c(NC3CCN(Cc4ccc5c(cc(C#N)n5CCN5CCN([S+]([O-])CC6CC6)CC5)c4C)CC3)nc(NC)nc2s1)C(F)(F)F. The van der Waals surface area contributed by atoms with Gasteiger partial charge in [-0.3, -0.25) is 9.80 Å². The second kappa shape index (κ2) is 15.0. The predicted octanol–water partition coefficient (Wildman–Crippen LogP) is 3.98. The zero-order valence-electron chi connectivity index (χ0n) is 29.8. The Kier molecular flexibility index (Phi) is 10.7. The number of likely N-dealkylation sites (tertiary alicyclic amines) is 1. The van der Waals surface area contributed by atoms with E-state index in [4.69, 9.17) is 0 Å². The average molecular weight is 756 g/mol. The zero-order chi connectivity index (χ0) is 36.8. The first-order valence-corrected chi connectivity index (χ1v) is 20.1. The maximum absolute atomic E-state index is 13.6. The van der Waals surface area contributed by atoms with Gasteiger partial charge < -0.3 is 24.9 Å².